The van der Waals surface area contributed by atoms with Crippen LogP contribution in [-0.4, -0.2) is 52.5 Å². The lowest BCUT2D eigenvalue weighted by molar-refractivity contribution is 0.102. The van der Waals surface area contributed by atoms with Crippen molar-refractivity contribution in [2.24, 2.45) is 0 Å². The van der Waals surface area contributed by atoms with Crippen molar-refractivity contribution < 1.29 is 17.6 Å². The van der Waals surface area contributed by atoms with Gasteiger partial charge >= 0.3 is 0 Å². The second-order valence-electron chi connectivity index (χ2n) is 7.82. The van der Waals surface area contributed by atoms with Gasteiger partial charge in [0.15, 0.2) is 5.78 Å². The summed E-state index contributed by atoms with van der Waals surface area (Å²) >= 11 is 1.17. The number of thioether (sulfide) groups is 1. The summed E-state index contributed by atoms with van der Waals surface area (Å²) in [7, 11) is -3.49. The fraction of sp³-hybridized carbons (Fsp3) is 0.261. The molecule has 0 unspecified atom stereocenters. The van der Waals surface area contributed by atoms with Gasteiger partial charge in [0.2, 0.25) is 15.9 Å². The fourth-order valence-electron chi connectivity index (χ4n) is 3.92. The number of ketones is 1. The van der Waals surface area contributed by atoms with E-state index in [-0.39, 0.29) is 27.5 Å². The number of hydrogen-bond donors (Lipinski definition) is 1. The first-order valence-electron chi connectivity index (χ1n) is 10.7. The van der Waals surface area contributed by atoms with Crippen LogP contribution in [0.3, 0.4) is 0 Å². The number of fused-ring (bicyclic) bond motifs is 1. The first-order valence-corrected chi connectivity index (χ1v) is 13.1. The van der Waals surface area contributed by atoms with Crippen molar-refractivity contribution in [3.05, 3.63) is 60.3 Å². The van der Waals surface area contributed by atoms with Gasteiger partial charge in [-0.3, -0.25) is 4.79 Å². The normalized spacial score (nSPS) is 15.2. The number of carbonyl (C=O) groups excluding carboxylic acids is 1. The molecule has 1 aliphatic rings. The molecule has 0 aliphatic carbocycles. The minimum absolute atomic E-state index is 0.0375. The average Bonchev–Trinajstić information content (AvgIpc) is 3.51. The van der Waals surface area contributed by atoms with Crippen LogP contribution < -0.4 is 0 Å². The molecule has 5 rings (SSSR count). The molecule has 0 spiro atoms. The molecule has 1 aliphatic heterocycles. The van der Waals surface area contributed by atoms with Crippen LogP contribution in [0.25, 0.3) is 22.4 Å². The van der Waals surface area contributed by atoms with Crippen LogP contribution in [-0.2, 0) is 10.0 Å². The Morgan fingerprint density at radius 1 is 1.03 bits per heavy atom. The third-order valence-electron chi connectivity index (χ3n) is 5.68. The van der Waals surface area contributed by atoms with Gasteiger partial charge in [0.1, 0.15) is 0 Å². The zero-order valence-corrected chi connectivity index (χ0v) is 19.4. The van der Waals surface area contributed by atoms with Gasteiger partial charge in [-0.05, 0) is 43.2 Å². The van der Waals surface area contributed by atoms with Gasteiger partial charge in [-0.1, -0.05) is 36.4 Å². The molecule has 4 aromatic rings. The summed E-state index contributed by atoms with van der Waals surface area (Å²) in [4.78, 5) is 16.0. The van der Waals surface area contributed by atoms with E-state index in [9.17, 15) is 13.2 Å². The standard InChI is InChI=1S/C23H22N4O4S2/c28-21(19-14-24-20-7-3-2-6-18(19)20)15-32-23-26-25-22(31-23)16-8-10-17(11-9-16)33(29,30)27-12-4-1-5-13-27/h2-3,6-11,14,24H,1,4-5,12-13,15H2. The third kappa shape index (κ3) is 4.46. The van der Waals surface area contributed by atoms with Crippen molar-refractivity contribution in [2.45, 2.75) is 29.4 Å². The Hall–Kier alpha value is -2.95. The van der Waals surface area contributed by atoms with Crippen LogP contribution in [0.2, 0.25) is 0 Å². The molecule has 2 aromatic carbocycles. The first-order chi connectivity index (χ1) is 16.0. The van der Waals surface area contributed by atoms with Crippen molar-refractivity contribution in [3.8, 4) is 11.5 Å². The number of para-hydroxylation sites is 1. The Morgan fingerprint density at radius 2 is 1.79 bits per heavy atom. The molecule has 0 bridgehead atoms. The van der Waals surface area contributed by atoms with Gasteiger partial charge in [0, 0.05) is 41.3 Å². The van der Waals surface area contributed by atoms with Gasteiger partial charge in [0.25, 0.3) is 5.22 Å². The summed E-state index contributed by atoms with van der Waals surface area (Å²) in [5.41, 5.74) is 2.16. The second-order valence-corrected chi connectivity index (χ2v) is 10.7. The molecule has 10 heteroatoms. The molecule has 0 radical (unpaired) electrons. The summed E-state index contributed by atoms with van der Waals surface area (Å²) in [6.45, 7) is 1.12. The summed E-state index contributed by atoms with van der Waals surface area (Å²) in [5.74, 6) is 0.402. The first kappa shape index (κ1) is 21.9. The van der Waals surface area contributed by atoms with Gasteiger partial charge < -0.3 is 9.40 Å². The number of aromatic amines is 1. The maximum Gasteiger partial charge on any atom is 0.277 e. The van der Waals surface area contributed by atoms with E-state index in [1.807, 2.05) is 24.3 Å². The number of H-pyrrole nitrogens is 1. The molecule has 1 N–H and O–H groups in total. The number of carbonyl (C=O) groups is 1. The maximum atomic E-state index is 12.8. The van der Waals surface area contributed by atoms with E-state index < -0.39 is 10.0 Å². The second kappa shape index (κ2) is 9.12. The molecule has 8 nitrogen and oxygen atoms in total. The Balaban J connectivity index is 1.25. The van der Waals surface area contributed by atoms with Gasteiger partial charge in [-0.15, -0.1) is 10.2 Å². The molecule has 0 saturated carbocycles. The highest BCUT2D eigenvalue weighted by Gasteiger charge is 2.26. The zero-order chi connectivity index (χ0) is 22.8. The highest BCUT2D eigenvalue weighted by atomic mass is 32.2. The largest absolute Gasteiger partial charge is 0.411 e. The van der Waals surface area contributed by atoms with Crippen LogP contribution in [0, 0.1) is 0 Å². The Bertz CT molecular complexity index is 1390. The molecule has 1 saturated heterocycles. The summed E-state index contributed by atoms with van der Waals surface area (Å²) in [6, 6.07) is 14.1. The minimum Gasteiger partial charge on any atom is -0.411 e. The predicted octanol–water partition coefficient (Wildman–Crippen LogP) is 4.37. The van der Waals surface area contributed by atoms with Crippen LogP contribution in [0.1, 0.15) is 29.6 Å². The van der Waals surface area contributed by atoms with E-state index in [1.165, 1.54) is 16.1 Å². The predicted molar refractivity (Wildman–Crippen MR) is 126 cm³/mol. The van der Waals surface area contributed by atoms with E-state index in [0.29, 0.717) is 24.2 Å². The monoisotopic (exact) mass is 482 g/mol. The van der Waals surface area contributed by atoms with Crippen LogP contribution in [0.15, 0.2) is 69.3 Å². The number of aromatic nitrogens is 3. The Morgan fingerprint density at radius 3 is 2.58 bits per heavy atom. The highest BCUT2D eigenvalue weighted by molar-refractivity contribution is 7.99. The topological polar surface area (TPSA) is 109 Å². The van der Waals surface area contributed by atoms with Crippen molar-refractivity contribution in [1.82, 2.24) is 19.5 Å². The number of rotatable bonds is 7. The van der Waals surface area contributed by atoms with Gasteiger partial charge in [-0.2, -0.15) is 4.31 Å². The summed E-state index contributed by atoms with van der Waals surface area (Å²) in [5, 5.41) is 9.22. The molecule has 3 heterocycles. The lowest BCUT2D eigenvalue weighted by Crippen LogP contribution is -2.35. The van der Waals surface area contributed by atoms with Crippen LogP contribution in [0.5, 0.6) is 0 Å². The van der Waals surface area contributed by atoms with E-state index in [2.05, 4.69) is 15.2 Å². The number of nitrogens with one attached hydrogen (secondary N) is 1. The van der Waals surface area contributed by atoms with Crippen molar-refractivity contribution in [2.75, 3.05) is 18.8 Å². The highest BCUT2D eigenvalue weighted by Crippen LogP contribution is 2.27. The van der Waals surface area contributed by atoms with Crippen molar-refractivity contribution in [3.63, 3.8) is 0 Å². The lowest BCUT2D eigenvalue weighted by Gasteiger charge is -2.25. The third-order valence-corrected chi connectivity index (χ3v) is 8.41. The summed E-state index contributed by atoms with van der Waals surface area (Å²) < 4.78 is 32.8. The minimum atomic E-state index is -3.49. The molecule has 2 aromatic heterocycles. The number of benzene rings is 2. The number of nitrogens with zero attached hydrogens (tertiary/aromatic N) is 3. The van der Waals surface area contributed by atoms with E-state index in [0.717, 1.165) is 30.2 Å². The number of piperidine rings is 1. The van der Waals surface area contributed by atoms with Gasteiger partial charge in [-0.25, -0.2) is 8.42 Å². The molecule has 170 valence electrons. The van der Waals surface area contributed by atoms with E-state index in [4.69, 9.17) is 4.42 Å². The zero-order valence-electron chi connectivity index (χ0n) is 17.7. The van der Waals surface area contributed by atoms with Gasteiger partial charge in [0.05, 0.1) is 10.6 Å². The van der Waals surface area contributed by atoms with Crippen molar-refractivity contribution >= 4 is 38.5 Å². The molecule has 0 amide bonds. The SMILES string of the molecule is O=C(CSc1nnc(-c2ccc(S(=O)(=O)N3CCCCC3)cc2)o1)c1c[nH]c2ccccc12. The van der Waals surface area contributed by atoms with E-state index in [1.54, 1.807) is 30.5 Å². The quantitative estimate of drug-likeness (QED) is 0.308. The maximum absolute atomic E-state index is 12.8. The molecular formula is C23H22N4O4S2. The molecule has 0 atom stereocenters. The number of Topliss-reactive ketones (excluding diaryl/α,β-unsaturated/α-hetero) is 1. The summed E-state index contributed by atoms with van der Waals surface area (Å²) in [6.07, 6.45) is 4.56. The number of hydrogen-bond acceptors (Lipinski definition) is 7. The Labute approximate surface area is 195 Å². The van der Waals surface area contributed by atoms with E-state index >= 15 is 0 Å². The smallest absolute Gasteiger partial charge is 0.277 e. The van der Waals surface area contributed by atoms with Crippen LogP contribution in [0.4, 0.5) is 0 Å². The average molecular weight is 483 g/mol. The Kier molecular flexibility index (Phi) is 6.05. The fourth-order valence-corrected chi connectivity index (χ4v) is 6.08. The number of sulfonamides is 1. The molecule has 1 fully saturated rings. The van der Waals surface area contributed by atoms with Crippen LogP contribution >= 0.6 is 11.8 Å². The lowest BCUT2D eigenvalue weighted by atomic mass is 10.1. The van der Waals surface area contributed by atoms with Crippen molar-refractivity contribution in [1.29, 1.82) is 0 Å². The molecule has 33 heavy (non-hydrogen) atoms. The molecular weight excluding hydrogens is 460 g/mol.